The van der Waals surface area contributed by atoms with Gasteiger partial charge in [-0.3, -0.25) is 28.7 Å². The van der Waals surface area contributed by atoms with Gasteiger partial charge in [-0.1, -0.05) is 35.7 Å². The zero-order valence-electron chi connectivity index (χ0n) is 32.7. The second-order valence-electron chi connectivity index (χ2n) is 14.6. The van der Waals surface area contributed by atoms with Crippen molar-refractivity contribution in [3.05, 3.63) is 68.8 Å². The first-order chi connectivity index (χ1) is 27.9. The number of hydrogen-bond acceptors (Lipinski definition) is 9. The Morgan fingerprint density at radius 3 is 2.59 bits per heavy atom. The Kier molecular flexibility index (Phi) is 14.6. The third-order valence-corrected chi connectivity index (χ3v) is 12.1. The van der Waals surface area contributed by atoms with E-state index in [1.807, 2.05) is 31.1 Å². The summed E-state index contributed by atoms with van der Waals surface area (Å²) in [4.78, 5) is 74.0. The summed E-state index contributed by atoms with van der Waals surface area (Å²) in [5.41, 5.74) is 3.83. The van der Waals surface area contributed by atoms with Crippen LogP contribution in [0.2, 0.25) is 10.0 Å². The number of thiophene rings is 1. The molecule has 6 rings (SSSR count). The van der Waals surface area contributed by atoms with Gasteiger partial charge in [-0.05, 0) is 57.6 Å². The number of aromatic amines is 1. The number of nitrogens with one attached hydrogen (secondary N) is 3. The Bertz CT molecular complexity index is 2180. The van der Waals surface area contributed by atoms with Crippen molar-refractivity contribution in [2.24, 2.45) is 0 Å². The zero-order chi connectivity index (χ0) is 41.3. The molecule has 0 atom stereocenters. The number of nitrogens with zero attached hydrogens (tertiary/aromatic N) is 6. The minimum absolute atomic E-state index is 0.0197. The minimum Gasteiger partial charge on any atom is -0.387 e. The number of likely N-dealkylation sites (N-methyl/N-ethyl adjacent to an activating group) is 1. The van der Waals surface area contributed by atoms with Gasteiger partial charge in [0.05, 0.1) is 26.3 Å². The molecule has 2 aliphatic rings. The van der Waals surface area contributed by atoms with Crippen molar-refractivity contribution in [3.8, 4) is 11.3 Å². The van der Waals surface area contributed by atoms with Crippen LogP contribution < -0.4 is 15.5 Å². The number of H-pyrrole nitrogens is 1. The lowest BCUT2D eigenvalue weighted by molar-refractivity contribution is -0.135. The number of benzene rings is 1. The molecule has 18 heteroatoms. The van der Waals surface area contributed by atoms with Gasteiger partial charge in [0.2, 0.25) is 29.5 Å². The first kappa shape index (κ1) is 42.9. The summed E-state index contributed by atoms with van der Waals surface area (Å²) in [6.45, 7) is 2.84. The minimum atomic E-state index is -0.560. The number of aliphatic hydroxyl groups excluding tert-OH is 1. The van der Waals surface area contributed by atoms with Crippen molar-refractivity contribution < 1.29 is 29.1 Å². The predicted octanol–water partition coefficient (Wildman–Crippen LogP) is 3.61. The fourth-order valence-corrected chi connectivity index (χ4v) is 8.54. The van der Waals surface area contributed by atoms with Crippen LogP contribution in [0.1, 0.15) is 41.8 Å². The molecule has 0 saturated carbocycles. The van der Waals surface area contributed by atoms with Crippen molar-refractivity contribution in [3.63, 3.8) is 0 Å². The second kappa shape index (κ2) is 19.8. The molecule has 4 N–H and O–H groups in total. The van der Waals surface area contributed by atoms with E-state index >= 15 is 0 Å². The van der Waals surface area contributed by atoms with E-state index in [1.165, 1.54) is 17.4 Å². The van der Waals surface area contributed by atoms with Crippen molar-refractivity contribution in [1.82, 2.24) is 40.1 Å². The molecular formula is C40H49Cl2N9O6S. The highest BCUT2D eigenvalue weighted by molar-refractivity contribution is 7.16. The molecule has 310 valence electrons. The first-order valence-corrected chi connectivity index (χ1v) is 21.0. The molecular weight excluding hydrogens is 805 g/mol. The number of piperazine rings is 1. The van der Waals surface area contributed by atoms with Crippen LogP contribution in [0, 0.1) is 0 Å². The molecule has 0 bridgehead atoms. The summed E-state index contributed by atoms with van der Waals surface area (Å²) < 4.78 is 1.55. The van der Waals surface area contributed by atoms with Gasteiger partial charge < -0.3 is 40.3 Å². The standard InChI is InChI=1S/C40H49Cl2N9O6S/c1-47(2)16-6-8-34(55)49-19-20-51(35(56)24-49)37-10-9-26(58-37)11-15-44-32(53)7-4-3-5-14-43-33(54)23-50-18-13-31(46-50)27-21-29(41)39(42)40-38(27)28-22-48(36(57)25-52)17-12-30(28)45-40/h6,8-10,13,18,21,45,52H,3-5,7,11-12,14-17,19-20,22-25H2,1-2H3,(H,43,54)(H,44,53)/b8-6+. The quantitative estimate of drug-likeness (QED) is 0.0921. The summed E-state index contributed by atoms with van der Waals surface area (Å²) in [6, 6.07) is 7.44. The maximum Gasteiger partial charge on any atom is 0.248 e. The third-order valence-electron chi connectivity index (χ3n) is 10.1. The molecule has 1 saturated heterocycles. The Morgan fingerprint density at radius 1 is 1.00 bits per heavy atom. The van der Waals surface area contributed by atoms with Crippen molar-refractivity contribution in [2.75, 3.05) is 71.4 Å². The first-order valence-electron chi connectivity index (χ1n) is 19.4. The molecule has 58 heavy (non-hydrogen) atoms. The summed E-state index contributed by atoms with van der Waals surface area (Å²) >= 11 is 14.6. The van der Waals surface area contributed by atoms with Gasteiger partial charge in [0.15, 0.2) is 0 Å². The van der Waals surface area contributed by atoms with Crippen LogP contribution in [-0.4, -0.2) is 131 Å². The molecule has 0 aliphatic carbocycles. The summed E-state index contributed by atoms with van der Waals surface area (Å²) in [6.07, 6.45) is 8.87. The van der Waals surface area contributed by atoms with Crippen LogP contribution in [-0.2, 0) is 49.9 Å². The number of amides is 5. The number of aromatic nitrogens is 3. The van der Waals surface area contributed by atoms with Crippen LogP contribution >= 0.6 is 34.5 Å². The van der Waals surface area contributed by atoms with E-state index in [9.17, 15) is 29.1 Å². The fourth-order valence-electron chi connectivity index (χ4n) is 7.09. The van der Waals surface area contributed by atoms with Crippen LogP contribution in [0.3, 0.4) is 0 Å². The van der Waals surface area contributed by atoms with Crippen LogP contribution in [0.25, 0.3) is 22.2 Å². The van der Waals surface area contributed by atoms with E-state index in [0.29, 0.717) is 92.8 Å². The Morgan fingerprint density at radius 2 is 1.81 bits per heavy atom. The summed E-state index contributed by atoms with van der Waals surface area (Å²) in [7, 11) is 3.85. The van der Waals surface area contributed by atoms with E-state index in [2.05, 4.69) is 20.7 Å². The van der Waals surface area contributed by atoms with Crippen LogP contribution in [0.4, 0.5) is 5.00 Å². The molecule has 1 fully saturated rings. The molecule has 3 aromatic heterocycles. The molecule has 5 amide bonds. The maximum atomic E-state index is 12.8. The lowest BCUT2D eigenvalue weighted by atomic mass is 9.99. The number of halogens is 2. The number of anilines is 1. The lowest BCUT2D eigenvalue weighted by Crippen LogP contribution is -2.51. The molecule has 0 radical (unpaired) electrons. The van der Waals surface area contributed by atoms with Crippen LogP contribution in [0.15, 0.2) is 42.6 Å². The van der Waals surface area contributed by atoms with Crippen molar-refractivity contribution >= 4 is 80.0 Å². The van der Waals surface area contributed by atoms with Gasteiger partial charge in [0.1, 0.15) is 19.7 Å². The fraction of sp³-hybridized carbons (Fsp3) is 0.450. The highest BCUT2D eigenvalue weighted by atomic mass is 35.5. The van der Waals surface area contributed by atoms with E-state index in [4.69, 9.17) is 23.2 Å². The Hall–Kier alpha value is -4.74. The van der Waals surface area contributed by atoms with Gasteiger partial charge in [-0.2, -0.15) is 5.10 Å². The van der Waals surface area contributed by atoms with E-state index in [0.717, 1.165) is 44.9 Å². The molecule has 0 unspecified atom stereocenters. The number of rotatable bonds is 17. The Balaban J connectivity index is 0.876. The smallest absolute Gasteiger partial charge is 0.248 e. The molecule has 2 aliphatic heterocycles. The highest BCUT2D eigenvalue weighted by Gasteiger charge is 2.29. The molecule has 4 aromatic rings. The highest BCUT2D eigenvalue weighted by Crippen LogP contribution is 2.42. The monoisotopic (exact) mass is 853 g/mol. The van der Waals surface area contributed by atoms with Crippen molar-refractivity contribution in [2.45, 2.75) is 51.6 Å². The van der Waals surface area contributed by atoms with Crippen molar-refractivity contribution in [1.29, 1.82) is 0 Å². The van der Waals surface area contributed by atoms with Gasteiger partial charge >= 0.3 is 0 Å². The lowest BCUT2D eigenvalue weighted by Gasteiger charge is -2.33. The number of carbonyl (C=O) groups is 5. The normalized spacial score (nSPS) is 14.5. The largest absolute Gasteiger partial charge is 0.387 e. The number of fused-ring (bicyclic) bond motifs is 3. The van der Waals surface area contributed by atoms with Gasteiger partial charge in [-0.15, -0.1) is 11.3 Å². The number of hydrogen-bond donors (Lipinski definition) is 4. The summed E-state index contributed by atoms with van der Waals surface area (Å²) in [5, 5.41) is 22.3. The Labute approximate surface area is 350 Å². The topological polar surface area (TPSA) is 176 Å². The summed E-state index contributed by atoms with van der Waals surface area (Å²) in [5.74, 6) is -0.826. The number of unbranched alkanes of at least 4 members (excludes halogenated alkanes) is 2. The van der Waals surface area contributed by atoms with Gasteiger partial charge in [0.25, 0.3) is 0 Å². The van der Waals surface area contributed by atoms with E-state index in [-0.39, 0.29) is 42.6 Å². The number of carbonyl (C=O) groups excluding carboxylic acids is 5. The van der Waals surface area contributed by atoms with Gasteiger partial charge in [0, 0.05) is 98.0 Å². The molecule has 5 heterocycles. The third kappa shape index (κ3) is 10.7. The molecule has 0 spiro atoms. The maximum absolute atomic E-state index is 12.8. The molecule has 1 aromatic carbocycles. The van der Waals surface area contributed by atoms with Crippen LogP contribution in [0.5, 0.6) is 0 Å². The average molecular weight is 855 g/mol. The van der Waals surface area contributed by atoms with Gasteiger partial charge in [-0.25, -0.2) is 0 Å². The second-order valence-corrected chi connectivity index (χ2v) is 16.6. The molecule has 15 nitrogen and oxygen atoms in total. The SMILES string of the molecule is CN(C)C/C=C/C(=O)N1CCN(c2ccc(CCNC(=O)CCCCCNC(=O)Cn3ccc(-c4cc(Cl)c(Cl)c5[nH]c6c(c45)CN(C(=O)CO)CC6)n3)s2)C(=O)C1. The zero-order valence-corrected chi connectivity index (χ0v) is 35.0. The number of aliphatic hydroxyl groups is 1. The predicted molar refractivity (Wildman–Crippen MR) is 225 cm³/mol. The van der Waals surface area contributed by atoms with E-state index in [1.54, 1.807) is 43.8 Å². The van der Waals surface area contributed by atoms with E-state index < -0.39 is 6.61 Å². The average Bonchev–Trinajstić information content (AvgIpc) is 3.96.